The Balaban J connectivity index is 1.60. The summed E-state index contributed by atoms with van der Waals surface area (Å²) >= 11 is 0. The summed E-state index contributed by atoms with van der Waals surface area (Å²) < 4.78 is 13.4. The molecule has 1 aromatic carbocycles. The Bertz CT molecular complexity index is 789. The number of rotatable bonds is 12. The van der Waals surface area contributed by atoms with Crippen molar-refractivity contribution in [1.82, 2.24) is 15.5 Å². The third kappa shape index (κ3) is 8.77. The van der Waals surface area contributed by atoms with Gasteiger partial charge in [0.1, 0.15) is 11.6 Å². The number of hydrogen-bond acceptors (Lipinski definition) is 4. The van der Waals surface area contributed by atoms with Crippen LogP contribution in [-0.2, 0) is 6.42 Å². The lowest BCUT2D eigenvalue weighted by molar-refractivity contribution is 0.238. The van der Waals surface area contributed by atoms with Gasteiger partial charge < -0.3 is 15.5 Å². The quantitative estimate of drug-likeness (QED) is 0.390. The number of piperidine rings is 1. The zero-order valence-corrected chi connectivity index (χ0v) is 21.3. The van der Waals surface area contributed by atoms with E-state index in [2.05, 4.69) is 35.6 Å². The van der Waals surface area contributed by atoms with Gasteiger partial charge in [-0.15, -0.1) is 0 Å². The molecule has 0 spiro atoms. The van der Waals surface area contributed by atoms with Crippen LogP contribution in [-0.4, -0.2) is 43.3 Å². The van der Waals surface area contributed by atoms with E-state index in [0.717, 1.165) is 49.8 Å². The van der Waals surface area contributed by atoms with Crippen molar-refractivity contribution in [2.75, 3.05) is 26.7 Å². The molecule has 1 aromatic rings. The van der Waals surface area contributed by atoms with Gasteiger partial charge in [-0.1, -0.05) is 26.3 Å². The normalized spacial score (nSPS) is 18.7. The molecule has 1 heterocycles. The molecule has 1 aliphatic carbocycles. The van der Waals surface area contributed by atoms with Crippen LogP contribution in [0.4, 0.5) is 4.39 Å². The molecule has 0 bridgehead atoms. The Kier molecular flexibility index (Phi) is 10.2. The summed E-state index contributed by atoms with van der Waals surface area (Å²) in [6.45, 7) is 9.58. The van der Waals surface area contributed by atoms with Gasteiger partial charge in [0, 0.05) is 37.6 Å². The van der Waals surface area contributed by atoms with Crippen LogP contribution in [0.2, 0.25) is 0 Å². The highest BCUT2D eigenvalue weighted by atomic mass is 19.1. The van der Waals surface area contributed by atoms with Gasteiger partial charge >= 0.3 is 0 Å². The molecule has 0 aromatic heterocycles. The summed E-state index contributed by atoms with van der Waals surface area (Å²) in [4.78, 5) is 7.56. The van der Waals surface area contributed by atoms with Gasteiger partial charge in [-0.05, 0) is 100 Å². The highest BCUT2D eigenvalue weighted by Crippen LogP contribution is 2.25. The second kappa shape index (κ2) is 13.1. The molecule has 4 nitrogen and oxygen atoms in total. The molecule has 2 N–H and O–H groups in total. The maximum atomic E-state index is 13.4. The average molecular weight is 457 g/mol. The fourth-order valence-corrected chi connectivity index (χ4v) is 4.79. The van der Waals surface area contributed by atoms with E-state index in [0.29, 0.717) is 12.0 Å². The fraction of sp³-hybridized carbons (Fsp3) is 0.679. The molecule has 1 saturated heterocycles. The van der Waals surface area contributed by atoms with Crippen molar-refractivity contribution < 1.29 is 4.39 Å². The van der Waals surface area contributed by atoms with Crippen molar-refractivity contribution >= 4 is 5.71 Å². The van der Waals surface area contributed by atoms with Gasteiger partial charge in [0.05, 0.1) is 0 Å². The third-order valence-corrected chi connectivity index (χ3v) is 7.13. The van der Waals surface area contributed by atoms with Crippen LogP contribution in [0.1, 0.15) is 76.3 Å². The Hall–Kier alpha value is -1.88. The molecule has 184 valence electrons. The lowest BCUT2D eigenvalue weighted by Crippen LogP contribution is -2.37. The predicted molar refractivity (Wildman–Crippen MR) is 138 cm³/mol. The lowest BCUT2D eigenvalue weighted by atomic mass is 9.89. The van der Waals surface area contributed by atoms with E-state index in [4.69, 9.17) is 4.99 Å². The van der Waals surface area contributed by atoms with Crippen molar-refractivity contribution in [3.05, 3.63) is 47.2 Å². The highest BCUT2D eigenvalue weighted by molar-refractivity contribution is 5.87. The molecule has 33 heavy (non-hydrogen) atoms. The molecule has 0 unspecified atom stereocenters. The molecule has 2 fully saturated rings. The van der Waals surface area contributed by atoms with Gasteiger partial charge in [0.25, 0.3) is 0 Å². The van der Waals surface area contributed by atoms with E-state index >= 15 is 0 Å². The first kappa shape index (κ1) is 25.7. The van der Waals surface area contributed by atoms with Crippen molar-refractivity contribution in [1.29, 1.82) is 0 Å². The number of aliphatic imine (C=N–C) groups is 1. The van der Waals surface area contributed by atoms with Crippen molar-refractivity contribution in [2.45, 2.75) is 84.6 Å². The minimum atomic E-state index is -0.134. The highest BCUT2D eigenvalue weighted by Gasteiger charge is 2.21. The van der Waals surface area contributed by atoms with Crippen LogP contribution in [0.15, 0.2) is 35.2 Å². The minimum absolute atomic E-state index is 0.134. The van der Waals surface area contributed by atoms with Crippen LogP contribution < -0.4 is 10.6 Å². The molecule has 5 heteroatoms. The first-order valence-electron chi connectivity index (χ1n) is 13.1. The summed E-state index contributed by atoms with van der Waals surface area (Å²) in [6, 6.07) is 5.80. The zero-order chi connectivity index (χ0) is 23.6. The third-order valence-electron chi connectivity index (χ3n) is 7.13. The first-order chi connectivity index (χ1) is 15.9. The average Bonchev–Trinajstić information content (AvgIpc) is 2.73. The molecule has 0 amide bonds. The fourth-order valence-electron chi connectivity index (χ4n) is 4.79. The van der Waals surface area contributed by atoms with Gasteiger partial charge in [-0.3, -0.25) is 0 Å². The van der Waals surface area contributed by atoms with E-state index in [1.807, 2.05) is 20.0 Å². The standard InChI is InChI=1S/C28H45FN4/c1-21(2)7-5-10-27(19-30-4)32-28(31-26-8-6-9-26)20-33-15-13-23(14-16-33)18-24-11-12-25(29)17-22(24)3/h11-12,17,20-21,23,26,30-31H,5-10,13-16,18-19H2,1-4H3/b28-20+,32-27+. The van der Waals surface area contributed by atoms with E-state index in [1.54, 1.807) is 12.1 Å². The second-order valence-electron chi connectivity index (χ2n) is 10.5. The first-order valence-corrected chi connectivity index (χ1v) is 13.1. The SMILES string of the molecule is CNC/C(CCCC(C)C)=N/C(=C/N1CCC(Cc2ccc(F)cc2C)CC1)NC1CCC1. The molecule has 0 atom stereocenters. The van der Waals surface area contributed by atoms with E-state index < -0.39 is 0 Å². The van der Waals surface area contributed by atoms with Gasteiger partial charge in [-0.2, -0.15) is 0 Å². The maximum absolute atomic E-state index is 13.4. The molecule has 2 aliphatic rings. The number of nitrogens with one attached hydrogen (secondary N) is 2. The topological polar surface area (TPSA) is 39.7 Å². The summed E-state index contributed by atoms with van der Waals surface area (Å²) in [5, 5.41) is 7.03. The largest absolute Gasteiger partial charge is 0.374 e. The van der Waals surface area contributed by atoms with Crippen molar-refractivity contribution in [3.63, 3.8) is 0 Å². The smallest absolute Gasteiger partial charge is 0.142 e. The van der Waals surface area contributed by atoms with Crippen LogP contribution in [0.25, 0.3) is 0 Å². The molecule has 1 aliphatic heterocycles. The maximum Gasteiger partial charge on any atom is 0.142 e. The number of halogens is 1. The van der Waals surface area contributed by atoms with Crippen LogP contribution in [0.3, 0.4) is 0 Å². The van der Waals surface area contributed by atoms with Gasteiger partial charge in [-0.25, -0.2) is 9.38 Å². The Morgan fingerprint density at radius 2 is 1.97 bits per heavy atom. The summed E-state index contributed by atoms with van der Waals surface area (Å²) in [7, 11) is 2.01. The predicted octanol–water partition coefficient (Wildman–Crippen LogP) is 5.82. The van der Waals surface area contributed by atoms with Crippen molar-refractivity contribution in [3.8, 4) is 0 Å². The Morgan fingerprint density at radius 1 is 1.21 bits per heavy atom. The summed E-state index contributed by atoms with van der Waals surface area (Å²) in [6.07, 6.45) is 13.0. The summed E-state index contributed by atoms with van der Waals surface area (Å²) in [5.74, 6) is 2.32. The Morgan fingerprint density at radius 3 is 2.58 bits per heavy atom. The second-order valence-corrected chi connectivity index (χ2v) is 10.5. The molecule has 0 radical (unpaired) electrons. The monoisotopic (exact) mass is 456 g/mol. The number of hydrogen-bond donors (Lipinski definition) is 2. The number of likely N-dealkylation sites (tertiary alicyclic amines) is 1. The van der Waals surface area contributed by atoms with Gasteiger partial charge in [0.2, 0.25) is 0 Å². The minimum Gasteiger partial charge on any atom is -0.374 e. The van der Waals surface area contributed by atoms with Crippen LogP contribution in [0, 0.1) is 24.6 Å². The number of nitrogens with zero attached hydrogens (tertiary/aromatic N) is 2. The van der Waals surface area contributed by atoms with E-state index in [-0.39, 0.29) is 5.82 Å². The molecular formula is C28H45FN4. The van der Waals surface area contributed by atoms with Crippen LogP contribution in [0.5, 0.6) is 0 Å². The lowest BCUT2D eigenvalue weighted by Gasteiger charge is -2.33. The molecule has 1 saturated carbocycles. The van der Waals surface area contributed by atoms with E-state index in [1.165, 1.54) is 56.2 Å². The Labute approximate surface area is 201 Å². The van der Waals surface area contributed by atoms with Gasteiger partial charge in [0.15, 0.2) is 0 Å². The molecule has 3 rings (SSSR count). The number of aryl methyl sites for hydroxylation is 1. The zero-order valence-electron chi connectivity index (χ0n) is 21.3. The van der Waals surface area contributed by atoms with Crippen LogP contribution >= 0.6 is 0 Å². The van der Waals surface area contributed by atoms with E-state index in [9.17, 15) is 4.39 Å². The molecular weight excluding hydrogens is 411 g/mol. The number of benzene rings is 1. The summed E-state index contributed by atoms with van der Waals surface area (Å²) in [5.41, 5.74) is 3.62. The van der Waals surface area contributed by atoms with Crippen molar-refractivity contribution in [2.24, 2.45) is 16.8 Å².